The highest BCUT2D eigenvalue weighted by atomic mass is 16.7. The zero-order valence-electron chi connectivity index (χ0n) is 13.3. The first kappa shape index (κ1) is 16.9. The Labute approximate surface area is 117 Å². The zero-order chi connectivity index (χ0) is 14.5. The standard InChI is InChI=1S/C8H16O2.C7H14O2/c1-8(2,3)7-9-5-4-6-10-7;1-7(2,3)6-8-4-5-9-6/h7H,4-6H2,1-3H3;6H,4-5H2,1-3H3. The molecule has 0 amide bonds. The number of hydrogen-bond donors (Lipinski definition) is 0. The lowest BCUT2D eigenvalue weighted by molar-refractivity contribution is -0.224. The highest BCUT2D eigenvalue weighted by Crippen LogP contribution is 2.26. The van der Waals surface area contributed by atoms with E-state index in [0.29, 0.717) is 0 Å². The molecule has 0 aromatic heterocycles. The number of ether oxygens (including phenoxy) is 4. The van der Waals surface area contributed by atoms with Gasteiger partial charge in [0.2, 0.25) is 0 Å². The summed E-state index contributed by atoms with van der Waals surface area (Å²) in [7, 11) is 0. The van der Waals surface area contributed by atoms with Crippen molar-refractivity contribution in [1.82, 2.24) is 0 Å². The normalized spacial score (nSPS) is 23.1. The summed E-state index contributed by atoms with van der Waals surface area (Å²) in [6.45, 7) is 15.9. The average Bonchev–Trinajstić information content (AvgIpc) is 2.83. The molecule has 2 rings (SSSR count). The number of hydrogen-bond acceptors (Lipinski definition) is 4. The van der Waals surface area contributed by atoms with Gasteiger partial charge in [0, 0.05) is 10.8 Å². The maximum atomic E-state index is 5.42. The molecule has 0 bridgehead atoms. The predicted molar refractivity (Wildman–Crippen MR) is 74.9 cm³/mol. The molecule has 0 N–H and O–H groups in total. The van der Waals surface area contributed by atoms with Crippen LogP contribution in [-0.2, 0) is 18.9 Å². The van der Waals surface area contributed by atoms with Crippen molar-refractivity contribution < 1.29 is 18.9 Å². The Balaban J connectivity index is 0.000000191. The van der Waals surface area contributed by atoms with E-state index in [1.165, 1.54) is 0 Å². The Morgan fingerprint density at radius 1 is 0.579 bits per heavy atom. The SMILES string of the molecule is CC(C)(C)C1OCCCO1.CC(C)(C)C1OCCO1. The first-order chi connectivity index (χ1) is 8.71. The average molecular weight is 274 g/mol. The molecule has 2 saturated heterocycles. The lowest BCUT2D eigenvalue weighted by Gasteiger charge is -2.33. The molecule has 4 heteroatoms. The molecule has 114 valence electrons. The smallest absolute Gasteiger partial charge is 0.162 e. The molecular formula is C15H30O4. The van der Waals surface area contributed by atoms with Gasteiger partial charge in [-0.05, 0) is 6.42 Å². The molecule has 2 heterocycles. The van der Waals surface area contributed by atoms with Gasteiger partial charge in [0.15, 0.2) is 12.6 Å². The van der Waals surface area contributed by atoms with E-state index in [1.54, 1.807) is 0 Å². The third-order valence-corrected chi connectivity index (χ3v) is 2.86. The van der Waals surface area contributed by atoms with Crippen LogP contribution < -0.4 is 0 Å². The second-order valence-electron chi connectivity index (χ2n) is 7.23. The minimum absolute atomic E-state index is 0.00116. The summed E-state index contributed by atoms with van der Waals surface area (Å²) < 4.78 is 21.4. The van der Waals surface area contributed by atoms with Gasteiger partial charge in [-0.1, -0.05) is 41.5 Å². The van der Waals surface area contributed by atoms with E-state index in [2.05, 4.69) is 41.5 Å². The topological polar surface area (TPSA) is 36.9 Å². The number of rotatable bonds is 0. The van der Waals surface area contributed by atoms with E-state index in [-0.39, 0.29) is 23.4 Å². The lowest BCUT2D eigenvalue weighted by atomic mass is 9.95. The van der Waals surface area contributed by atoms with Crippen molar-refractivity contribution in [3.8, 4) is 0 Å². The van der Waals surface area contributed by atoms with Crippen molar-refractivity contribution in [2.45, 2.75) is 60.5 Å². The van der Waals surface area contributed by atoms with Crippen LogP contribution in [0.4, 0.5) is 0 Å². The van der Waals surface area contributed by atoms with Crippen LogP contribution in [-0.4, -0.2) is 39.0 Å². The summed E-state index contributed by atoms with van der Waals surface area (Å²) in [6, 6.07) is 0. The zero-order valence-corrected chi connectivity index (χ0v) is 13.3. The molecule has 0 saturated carbocycles. The monoisotopic (exact) mass is 274 g/mol. The summed E-state index contributed by atoms with van der Waals surface area (Å²) in [6.07, 6.45) is 1.05. The van der Waals surface area contributed by atoms with E-state index in [9.17, 15) is 0 Å². The Morgan fingerprint density at radius 2 is 0.895 bits per heavy atom. The fraction of sp³-hybridized carbons (Fsp3) is 1.00. The molecule has 2 aliphatic heterocycles. The van der Waals surface area contributed by atoms with Crippen LogP contribution in [0.2, 0.25) is 0 Å². The molecule has 0 atom stereocenters. The fourth-order valence-electron chi connectivity index (χ4n) is 1.85. The van der Waals surface area contributed by atoms with Gasteiger partial charge in [0.05, 0.1) is 26.4 Å². The van der Waals surface area contributed by atoms with E-state index < -0.39 is 0 Å². The highest BCUT2D eigenvalue weighted by molar-refractivity contribution is 4.69. The van der Waals surface area contributed by atoms with Crippen LogP contribution in [0.5, 0.6) is 0 Å². The quantitative estimate of drug-likeness (QED) is 0.680. The molecule has 2 aliphatic rings. The molecule has 0 spiro atoms. The summed E-state index contributed by atoms with van der Waals surface area (Å²) >= 11 is 0. The van der Waals surface area contributed by atoms with Crippen molar-refractivity contribution in [2.24, 2.45) is 10.8 Å². The van der Waals surface area contributed by atoms with Crippen molar-refractivity contribution in [1.29, 1.82) is 0 Å². The molecule has 19 heavy (non-hydrogen) atoms. The Kier molecular flexibility index (Phi) is 6.24. The van der Waals surface area contributed by atoms with Crippen LogP contribution in [0.1, 0.15) is 48.0 Å². The van der Waals surface area contributed by atoms with Gasteiger partial charge in [-0.25, -0.2) is 0 Å². The van der Waals surface area contributed by atoms with Gasteiger partial charge < -0.3 is 18.9 Å². The lowest BCUT2D eigenvalue weighted by Crippen LogP contribution is -2.36. The maximum absolute atomic E-state index is 5.42. The Morgan fingerprint density at radius 3 is 1.16 bits per heavy atom. The Hall–Kier alpha value is -0.160. The summed E-state index contributed by atoms with van der Waals surface area (Å²) in [5.41, 5.74) is 0.261. The van der Waals surface area contributed by atoms with Crippen LogP contribution in [0, 0.1) is 10.8 Å². The Bertz CT molecular complexity index is 240. The van der Waals surface area contributed by atoms with Crippen LogP contribution in [0.3, 0.4) is 0 Å². The minimum Gasteiger partial charge on any atom is -0.352 e. The van der Waals surface area contributed by atoms with Gasteiger partial charge in [-0.2, -0.15) is 0 Å². The van der Waals surface area contributed by atoms with Crippen molar-refractivity contribution in [3.05, 3.63) is 0 Å². The molecule has 0 aliphatic carbocycles. The summed E-state index contributed by atoms with van der Waals surface area (Å²) in [5.74, 6) is 0. The van der Waals surface area contributed by atoms with E-state index in [0.717, 1.165) is 32.8 Å². The molecular weight excluding hydrogens is 244 g/mol. The fourth-order valence-corrected chi connectivity index (χ4v) is 1.85. The summed E-state index contributed by atoms with van der Waals surface area (Å²) in [4.78, 5) is 0. The molecule has 4 nitrogen and oxygen atoms in total. The van der Waals surface area contributed by atoms with Crippen LogP contribution in [0.15, 0.2) is 0 Å². The first-order valence-corrected chi connectivity index (χ1v) is 7.17. The van der Waals surface area contributed by atoms with Gasteiger partial charge in [0.1, 0.15) is 0 Å². The highest BCUT2D eigenvalue weighted by Gasteiger charge is 2.29. The molecule has 0 unspecified atom stereocenters. The van der Waals surface area contributed by atoms with Crippen LogP contribution >= 0.6 is 0 Å². The predicted octanol–water partition coefficient (Wildman–Crippen LogP) is 3.20. The van der Waals surface area contributed by atoms with Gasteiger partial charge in [-0.15, -0.1) is 0 Å². The molecule has 0 aromatic rings. The summed E-state index contributed by atoms with van der Waals surface area (Å²) in [5, 5.41) is 0. The van der Waals surface area contributed by atoms with Crippen LogP contribution in [0.25, 0.3) is 0 Å². The molecule has 2 fully saturated rings. The third kappa shape index (κ3) is 6.21. The molecule has 0 aromatic carbocycles. The van der Waals surface area contributed by atoms with Crippen molar-refractivity contribution in [3.63, 3.8) is 0 Å². The van der Waals surface area contributed by atoms with E-state index >= 15 is 0 Å². The van der Waals surface area contributed by atoms with Gasteiger partial charge >= 0.3 is 0 Å². The van der Waals surface area contributed by atoms with E-state index in [1.807, 2.05) is 0 Å². The van der Waals surface area contributed by atoms with Gasteiger partial charge in [0.25, 0.3) is 0 Å². The van der Waals surface area contributed by atoms with Crippen molar-refractivity contribution in [2.75, 3.05) is 26.4 Å². The largest absolute Gasteiger partial charge is 0.352 e. The van der Waals surface area contributed by atoms with Crippen molar-refractivity contribution >= 4 is 0 Å². The maximum Gasteiger partial charge on any atom is 0.162 e. The minimum atomic E-state index is 0.00116. The second-order valence-corrected chi connectivity index (χ2v) is 7.23. The third-order valence-electron chi connectivity index (χ3n) is 2.86. The van der Waals surface area contributed by atoms with Gasteiger partial charge in [-0.3, -0.25) is 0 Å². The molecule has 0 radical (unpaired) electrons. The van der Waals surface area contributed by atoms with E-state index in [4.69, 9.17) is 18.9 Å². The second kappa shape index (κ2) is 7.02. The first-order valence-electron chi connectivity index (χ1n) is 7.17.